The molecule has 2 aromatic heterocycles. The molecule has 0 aliphatic rings. The smallest absolute Gasteiger partial charge is 0.101 e. The van der Waals surface area contributed by atoms with Crippen molar-refractivity contribution in [1.82, 2.24) is 9.13 Å². The van der Waals surface area contributed by atoms with Crippen LogP contribution in [0.25, 0.3) is 72.4 Å². The van der Waals surface area contributed by atoms with Crippen LogP contribution in [0.4, 0.5) is 0 Å². The molecule has 0 saturated heterocycles. The summed E-state index contributed by atoms with van der Waals surface area (Å²) in [5.74, 6) is 0. The second-order valence-corrected chi connectivity index (χ2v) is 12.4. The Labute approximate surface area is 290 Å². The van der Waals surface area contributed by atoms with E-state index in [2.05, 4.69) is 81.9 Å². The second kappa shape index (κ2) is 12.1. The maximum absolute atomic E-state index is 10.3. The quantitative estimate of drug-likeness (QED) is 0.176. The predicted octanol–water partition coefficient (Wildman–Crippen LogP) is 11.0. The third-order valence-corrected chi connectivity index (χ3v) is 9.55. The molecule has 5 nitrogen and oxygen atoms in total. The highest BCUT2D eigenvalue weighted by Gasteiger charge is 2.21. The van der Waals surface area contributed by atoms with Gasteiger partial charge in [-0.1, -0.05) is 97.1 Å². The Morgan fingerprint density at radius 2 is 1.16 bits per heavy atom. The molecule has 0 bridgehead atoms. The van der Waals surface area contributed by atoms with E-state index in [0.717, 1.165) is 77.6 Å². The summed E-state index contributed by atoms with van der Waals surface area (Å²) in [4.78, 5) is 0. The van der Waals surface area contributed by atoms with Gasteiger partial charge in [-0.2, -0.15) is 15.8 Å². The van der Waals surface area contributed by atoms with Gasteiger partial charge in [0.1, 0.15) is 12.1 Å². The highest BCUT2D eigenvalue weighted by Crippen LogP contribution is 2.41. The van der Waals surface area contributed by atoms with E-state index in [1.54, 1.807) is 6.92 Å². The SMILES string of the molecule is C/C(C#N)=C\c1c(C)n(-c2ccccc2-c2ccccc2-c2ccc(C#N)c(-n3c4ccccc4c4ccccc43)c2)c2c(C#N)cccc12. The van der Waals surface area contributed by atoms with E-state index in [-0.39, 0.29) is 0 Å². The topological polar surface area (TPSA) is 81.2 Å². The maximum Gasteiger partial charge on any atom is 0.101 e. The number of nitrogens with zero attached hydrogens (tertiary/aromatic N) is 5. The van der Waals surface area contributed by atoms with Crippen molar-refractivity contribution >= 4 is 38.8 Å². The van der Waals surface area contributed by atoms with E-state index in [9.17, 15) is 15.8 Å². The lowest BCUT2D eigenvalue weighted by Gasteiger charge is -2.18. The van der Waals surface area contributed by atoms with Crippen molar-refractivity contribution in [2.24, 2.45) is 0 Å². The van der Waals surface area contributed by atoms with E-state index in [4.69, 9.17) is 0 Å². The van der Waals surface area contributed by atoms with Crippen LogP contribution < -0.4 is 0 Å². The highest BCUT2D eigenvalue weighted by atomic mass is 15.0. The Hall–Kier alpha value is -7.13. The van der Waals surface area contributed by atoms with Crippen LogP contribution in [0.5, 0.6) is 0 Å². The first-order valence-corrected chi connectivity index (χ1v) is 16.4. The van der Waals surface area contributed by atoms with Gasteiger partial charge < -0.3 is 9.13 Å². The van der Waals surface area contributed by atoms with Gasteiger partial charge in [-0.3, -0.25) is 0 Å². The van der Waals surface area contributed by atoms with E-state index >= 15 is 0 Å². The molecular weight excluding hydrogens is 611 g/mol. The van der Waals surface area contributed by atoms with Gasteiger partial charge in [0, 0.05) is 38.6 Å². The summed E-state index contributed by atoms with van der Waals surface area (Å²) in [5.41, 5.74) is 12.2. The average Bonchev–Trinajstić information content (AvgIpc) is 3.65. The molecule has 8 rings (SSSR count). The van der Waals surface area contributed by atoms with Crippen molar-refractivity contribution in [2.75, 3.05) is 0 Å². The highest BCUT2D eigenvalue weighted by molar-refractivity contribution is 6.09. The number of fused-ring (bicyclic) bond motifs is 4. The molecule has 6 aromatic carbocycles. The van der Waals surface area contributed by atoms with Crippen LogP contribution >= 0.6 is 0 Å². The van der Waals surface area contributed by atoms with Crippen molar-refractivity contribution in [3.05, 3.63) is 161 Å². The van der Waals surface area contributed by atoms with E-state index in [0.29, 0.717) is 16.7 Å². The van der Waals surface area contributed by atoms with Gasteiger partial charge in [-0.05, 0) is 73.0 Å². The first kappa shape index (κ1) is 30.2. The summed E-state index contributed by atoms with van der Waals surface area (Å²) < 4.78 is 4.35. The monoisotopic (exact) mass is 639 g/mol. The second-order valence-electron chi connectivity index (χ2n) is 12.4. The van der Waals surface area contributed by atoms with Crippen molar-refractivity contribution < 1.29 is 0 Å². The summed E-state index contributed by atoms with van der Waals surface area (Å²) in [6.45, 7) is 3.84. The Morgan fingerprint density at radius 1 is 0.560 bits per heavy atom. The molecule has 0 unspecified atom stereocenters. The molecule has 0 aliphatic heterocycles. The molecule has 0 fully saturated rings. The molecule has 0 N–H and O–H groups in total. The minimum absolute atomic E-state index is 0.561. The first-order chi connectivity index (χ1) is 24.5. The molecule has 50 heavy (non-hydrogen) atoms. The van der Waals surface area contributed by atoms with E-state index < -0.39 is 0 Å². The van der Waals surface area contributed by atoms with Gasteiger partial charge >= 0.3 is 0 Å². The Morgan fingerprint density at radius 3 is 1.84 bits per heavy atom. The van der Waals surface area contributed by atoms with Crippen molar-refractivity contribution in [1.29, 1.82) is 15.8 Å². The van der Waals surface area contributed by atoms with Crippen LogP contribution in [-0.2, 0) is 0 Å². The number of para-hydroxylation sites is 4. The molecule has 0 atom stereocenters. The number of rotatable bonds is 5. The summed E-state index contributed by atoms with van der Waals surface area (Å²) in [6.07, 6.45) is 1.90. The standard InChI is InChI=1S/C45H29N5/c1-29(26-46)24-40-30(2)49(45-33(28-48)12-11-18-39(40)45)41-19-8-5-15-36(41)35-14-4-3-13-34(35)31-22-23-32(27-47)44(25-31)50-42-20-9-6-16-37(42)38-17-7-10-21-43(38)50/h3-25H,1-2H3/b29-24+. The van der Waals surface area contributed by atoms with Crippen molar-refractivity contribution in [2.45, 2.75) is 13.8 Å². The van der Waals surface area contributed by atoms with Gasteiger partial charge in [0.25, 0.3) is 0 Å². The normalized spacial score (nSPS) is 11.5. The fourth-order valence-corrected chi connectivity index (χ4v) is 7.33. The number of hydrogen-bond donors (Lipinski definition) is 0. The zero-order valence-corrected chi connectivity index (χ0v) is 27.5. The van der Waals surface area contributed by atoms with Crippen LogP contribution in [0.3, 0.4) is 0 Å². The van der Waals surface area contributed by atoms with Crippen molar-refractivity contribution in [3.8, 4) is 51.8 Å². The molecular formula is C45H29N5. The zero-order chi connectivity index (χ0) is 34.4. The first-order valence-electron chi connectivity index (χ1n) is 16.4. The van der Waals surface area contributed by atoms with Crippen LogP contribution in [0, 0.1) is 40.9 Å². The largest absolute Gasteiger partial charge is 0.311 e. The van der Waals surface area contributed by atoms with E-state index in [1.807, 2.05) is 91.9 Å². The third-order valence-electron chi connectivity index (χ3n) is 9.55. The minimum Gasteiger partial charge on any atom is -0.311 e. The molecule has 0 spiro atoms. The summed E-state index contributed by atoms with van der Waals surface area (Å²) >= 11 is 0. The van der Waals surface area contributed by atoms with Gasteiger partial charge in [0.15, 0.2) is 0 Å². The Kier molecular flexibility index (Phi) is 7.34. The zero-order valence-electron chi connectivity index (χ0n) is 27.5. The molecule has 0 aliphatic carbocycles. The fourth-order valence-electron chi connectivity index (χ4n) is 7.33. The molecule has 0 saturated carbocycles. The molecule has 8 aromatic rings. The molecule has 0 radical (unpaired) electrons. The molecule has 5 heteroatoms. The summed E-state index contributed by atoms with van der Waals surface area (Å²) in [6, 6.07) is 52.1. The van der Waals surface area contributed by atoms with Crippen LogP contribution in [0.15, 0.2) is 139 Å². The lowest BCUT2D eigenvalue weighted by atomic mass is 9.92. The average molecular weight is 640 g/mol. The number of hydrogen-bond acceptors (Lipinski definition) is 3. The maximum atomic E-state index is 10.3. The predicted molar refractivity (Wildman–Crippen MR) is 202 cm³/mol. The minimum atomic E-state index is 0.561. The van der Waals surface area contributed by atoms with Gasteiger partial charge in [0.2, 0.25) is 0 Å². The number of allylic oxidation sites excluding steroid dienone is 1. The number of benzene rings is 6. The summed E-state index contributed by atoms with van der Waals surface area (Å²) in [5, 5.41) is 33.4. The molecule has 0 amide bonds. The number of aromatic nitrogens is 2. The fraction of sp³-hybridized carbons (Fsp3) is 0.0444. The van der Waals surface area contributed by atoms with E-state index in [1.165, 1.54) is 0 Å². The lowest BCUT2D eigenvalue weighted by molar-refractivity contribution is 1.05. The third kappa shape index (κ3) is 4.68. The van der Waals surface area contributed by atoms with Crippen LogP contribution in [-0.4, -0.2) is 9.13 Å². The van der Waals surface area contributed by atoms with Gasteiger partial charge in [-0.15, -0.1) is 0 Å². The summed E-state index contributed by atoms with van der Waals surface area (Å²) in [7, 11) is 0. The van der Waals surface area contributed by atoms with Gasteiger partial charge in [-0.25, -0.2) is 0 Å². The lowest BCUT2D eigenvalue weighted by Crippen LogP contribution is -2.02. The van der Waals surface area contributed by atoms with Crippen LogP contribution in [0.2, 0.25) is 0 Å². The Balaban J connectivity index is 1.38. The number of nitriles is 3. The van der Waals surface area contributed by atoms with Gasteiger partial charge in [0.05, 0.1) is 45.1 Å². The van der Waals surface area contributed by atoms with Crippen molar-refractivity contribution in [3.63, 3.8) is 0 Å². The Bertz CT molecular complexity index is 2770. The molecule has 2 heterocycles. The van der Waals surface area contributed by atoms with Crippen LogP contribution in [0.1, 0.15) is 29.3 Å². The molecule has 234 valence electrons.